The fourth-order valence-corrected chi connectivity index (χ4v) is 7.27. The van der Waals surface area contributed by atoms with Gasteiger partial charge in [0.2, 0.25) is 0 Å². The highest BCUT2D eigenvalue weighted by atomic mass is 16.8. The Kier molecular flexibility index (Phi) is 23.1. The van der Waals surface area contributed by atoms with E-state index in [-0.39, 0.29) is 19.6 Å². The summed E-state index contributed by atoms with van der Waals surface area (Å²) in [5, 5.41) is 3.43. The van der Waals surface area contributed by atoms with Gasteiger partial charge in [0.15, 0.2) is 61.6 Å². The number of hydrogen-bond donors (Lipinski definition) is 0. The molecule has 3 aliphatic rings. The van der Waals surface area contributed by atoms with Crippen LogP contribution in [0.15, 0.2) is 5.11 Å². The van der Waals surface area contributed by atoms with Gasteiger partial charge in [-0.2, -0.15) is 0 Å². The lowest BCUT2D eigenvalue weighted by molar-refractivity contribution is -0.380. The van der Waals surface area contributed by atoms with Crippen molar-refractivity contribution >= 4 is 59.7 Å². The summed E-state index contributed by atoms with van der Waals surface area (Å²) >= 11 is 0. The summed E-state index contributed by atoms with van der Waals surface area (Å²) in [5.41, 5.74) is 8.69. The van der Waals surface area contributed by atoms with E-state index < -0.39 is 172 Å². The van der Waals surface area contributed by atoms with E-state index in [1.54, 1.807) is 0 Å². The van der Waals surface area contributed by atoms with Gasteiger partial charge in [-0.3, -0.25) is 47.9 Å². The third-order valence-electron chi connectivity index (χ3n) is 9.57. The van der Waals surface area contributed by atoms with Crippen LogP contribution in [0.2, 0.25) is 0 Å². The summed E-state index contributed by atoms with van der Waals surface area (Å²) in [5.74, 6) is -9.55. The quantitative estimate of drug-likeness (QED) is 0.0340. The molecule has 0 amide bonds. The monoisotopic (exact) mass is 1010 g/mol. The van der Waals surface area contributed by atoms with Crippen LogP contribution in [0.3, 0.4) is 0 Å². The van der Waals surface area contributed by atoms with Crippen LogP contribution in [-0.4, -0.2) is 185 Å². The maximum atomic E-state index is 13.0. The number of carbonyl (C=O) groups excluding carboxylic acids is 10. The van der Waals surface area contributed by atoms with E-state index in [0.29, 0.717) is 0 Å². The summed E-state index contributed by atoms with van der Waals surface area (Å²) < 4.78 is 91.9. The first kappa shape index (κ1) is 58.1. The van der Waals surface area contributed by atoms with E-state index in [0.717, 1.165) is 69.2 Å². The van der Waals surface area contributed by atoms with Crippen LogP contribution >= 0.6 is 0 Å². The Hall–Kier alpha value is -6.23. The van der Waals surface area contributed by atoms with E-state index >= 15 is 0 Å². The van der Waals surface area contributed by atoms with Gasteiger partial charge in [-0.05, 0) is 12.0 Å². The Balaban J connectivity index is 2.29. The number of rotatable bonds is 22. The van der Waals surface area contributed by atoms with Crippen molar-refractivity contribution in [3.63, 3.8) is 0 Å². The molecule has 3 fully saturated rings. The average molecular weight is 1010 g/mol. The molecule has 0 radical (unpaired) electrons. The molecule has 0 aliphatic carbocycles. The molecule has 0 aromatic carbocycles. The second kappa shape index (κ2) is 27.8. The smallest absolute Gasteiger partial charge is 0.303 e. The van der Waals surface area contributed by atoms with Crippen LogP contribution in [0.4, 0.5) is 0 Å². The molecule has 0 N–H and O–H groups in total. The number of azide groups is 1. The maximum Gasteiger partial charge on any atom is 0.303 e. The van der Waals surface area contributed by atoms with Gasteiger partial charge in [0.25, 0.3) is 0 Å². The summed E-state index contributed by atoms with van der Waals surface area (Å²) in [6.45, 7) is 7.59. The first-order chi connectivity index (χ1) is 32.9. The normalized spacial score (nSPS) is 30.3. The molecule has 0 aromatic rings. The molecule has 3 saturated heterocycles. The lowest BCUT2D eigenvalue weighted by Gasteiger charge is -2.50. The minimum atomic E-state index is -2.03. The van der Waals surface area contributed by atoms with E-state index in [1.165, 1.54) is 0 Å². The van der Waals surface area contributed by atoms with Gasteiger partial charge >= 0.3 is 59.7 Å². The van der Waals surface area contributed by atoms with Crippen LogP contribution in [0.5, 0.6) is 0 Å². The van der Waals surface area contributed by atoms with Crippen molar-refractivity contribution < 1.29 is 124 Å². The molecule has 0 saturated carbocycles. The van der Waals surface area contributed by atoms with Crippen LogP contribution in [0.25, 0.3) is 10.4 Å². The largest absolute Gasteiger partial charge is 0.463 e. The predicted molar refractivity (Wildman–Crippen MR) is 219 cm³/mol. The van der Waals surface area contributed by atoms with Crippen molar-refractivity contribution in [1.29, 1.82) is 0 Å². The Morgan fingerprint density at radius 3 is 1.01 bits per heavy atom. The zero-order chi connectivity index (χ0) is 52.4. The number of esters is 10. The van der Waals surface area contributed by atoms with Gasteiger partial charge in [0.05, 0.1) is 6.61 Å². The van der Waals surface area contributed by atoms with Gasteiger partial charge in [-0.25, -0.2) is 0 Å². The number of nitrogens with zero attached hydrogens (tertiary/aromatic N) is 3. The average Bonchev–Trinajstić information content (AvgIpc) is 3.23. The summed E-state index contributed by atoms with van der Waals surface area (Å²) in [7, 11) is 0. The van der Waals surface area contributed by atoms with Crippen LogP contribution in [-0.2, 0) is 124 Å². The van der Waals surface area contributed by atoms with Crippen molar-refractivity contribution in [3.05, 3.63) is 10.4 Å². The number of ether oxygens (including phenoxy) is 16. The molecule has 29 nitrogen and oxygen atoms in total. The molecule has 392 valence electrons. The number of carbonyl (C=O) groups is 10. The van der Waals surface area contributed by atoms with Gasteiger partial charge in [0, 0.05) is 80.7 Å². The van der Waals surface area contributed by atoms with Crippen molar-refractivity contribution in [2.75, 3.05) is 33.0 Å². The summed E-state index contributed by atoms with van der Waals surface area (Å²) in [6, 6.07) is 0. The third kappa shape index (κ3) is 18.3. The first-order valence-corrected chi connectivity index (χ1v) is 21.4. The lowest BCUT2D eigenvalue weighted by Crippen LogP contribution is -2.69. The van der Waals surface area contributed by atoms with Gasteiger partial charge in [0.1, 0.15) is 50.3 Å². The molecular weight excluding hydrogens is 950 g/mol. The summed E-state index contributed by atoms with van der Waals surface area (Å²) in [4.78, 5) is 128. The molecule has 3 aliphatic heterocycles. The van der Waals surface area contributed by atoms with Crippen LogP contribution in [0.1, 0.15) is 75.7 Å². The standard InChI is InChI=1S/C41H57N3O26/c1-17(45)56-14-27-30(59-20(4)48)33(60-21(5)49)37(64-25(9)53)40(67-27)70-32-29(16-58-19(3)47)68-41(38(65-26(10)54)35(32)62-23(7)51)69-31-28(15-57-18(2)46)66-39(55-13-11-12-43-44-42)36(63-24(8)52)34(31)61-22(6)50/h27-41H,11-16H2,1-10H3/t27-,28-,29-,30+,31-,32+,33+,34+,35+,36-,37-,38-,39-,40-,41+/m1/s1. The lowest BCUT2D eigenvalue weighted by atomic mass is 9.95. The second-order valence-electron chi connectivity index (χ2n) is 15.4. The van der Waals surface area contributed by atoms with E-state index in [4.69, 9.17) is 81.3 Å². The molecule has 0 aromatic heterocycles. The molecule has 0 unspecified atom stereocenters. The summed E-state index contributed by atoms with van der Waals surface area (Å²) in [6.07, 6.45) is -26.5. The third-order valence-corrected chi connectivity index (χ3v) is 9.57. The first-order valence-electron chi connectivity index (χ1n) is 21.4. The van der Waals surface area contributed by atoms with Gasteiger partial charge in [-0.15, -0.1) is 0 Å². The van der Waals surface area contributed by atoms with Gasteiger partial charge < -0.3 is 75.8 Å². The molecule has 29 heteroatoms. The van der Waals surface area contributed by atoms with Crippen molar-refractivity contribution in [3.8, 4) is 0 Å². The Morgan fingerprint density at radius 1 is 0.400 bits per heavy atom. The highest BCUT2D eigenvalue weighted by molar-refractivity contribution is 5.70. The van der Waals surface area contributed by atoms with Crippen LogP contribution in [0, 0.1) is 0 Å². The fraction of sp³-hybridized carbons (Fsp3) is 0.756. The predicted octanol–water partition coefficient (Wildman–Crippen LogP) is -0.140. The topological polar surface area (TPSA) is 367 Å². The van der Waals surface area contributed by atoms with Crippen molar-refractivity contribution in [2.45, 2.75) is 168 Å². The zero-order valence-corrected chi connectivity index (χ0v) is 39.9. The second-order valence-corrected chi connectivity index (χ2v) is 15.4. The van der Waals surface area contributed by atoms with E-state index in [1.807, 2.05) is 0 Å². The minimum Gasteiger partial charge on any atom is -0.463 e. The Morgan fingerprint density at radius 2 is 0.686 bits per heavy atom. The van der Waals surface area contributed by atoms with Crippen LogP contribution < -0.4 is 0 Å². The highest BCUT2D eigenvalue weighted by Gasteiger charge is 2.60. The Bertz CT molecular complexity index is 1940. The molecular formula is C41H57N3O26. The molecule has 15 atom stereocenters. The van der Waals surface area contributed by atoms with E-state index in [2.05, 4.69) is 10.0 Å². The molecule has 3 heterocycles. The highest BCUT2D eigenvalue weighted by Crippen LogP contribution is 2.38. The van der Waals surface area contributed by atoms with E-state index in [9.17, 15) is 47.9 Å². The Labute approximate surface area is 399 Å². The fourth-order valence-electron chi connectivity index (χ4n) is 7.27. The van der Waals surface area contributed by atoms with Gasteiger partial charge in [-0.1, -0.05) is 5.11 Å². The molecule has 70 heavy (non-hydrogen) atoms. The molecule has 0 spiro atoms. The molecule has 0 bridgehead atoms. The van der Waals surface area contributed by atoms with Crippen molar-refractivity contribution in [1.82, 2.24) is 0 Å². The zero-order valence-electron chi connectivity index (χ0n) is 39.9. The van der Waals surface area contributed by atoms with Crippen molar-refractivity contribution in [2.24, 2.45) is 5.11 Å². The number of hydrogen-bond acceptors (Lipinski definition) is 27. The minimum absolute atomic E-state index is 0.0234. The SMILES string of the molecule is CC(=O)OC[C@H]1O[C@H](O[C@@H]2[C@H](OC(C)=O)[C@@H](OC(C)=O)[C@H](O[C@H]3[C@H](OC(C)=O)[C@@H](OC(C)=O)[C@H](OCCCN=[N+]=[N-])O[C@@H]3COC(C)=O)O[C@@H]2COC(C)=O)[C@H](OC(C)=O)[C@@H](OC(C)=O)[C@H]1OC(C)=O. The maximum absolute atomic E-state index is 13.0. The molecule has 3 rings (SSSR count).